The summed E-state index contributed by atoms with van der Waals surface area (Å²) in [5, 5.41) is 4.64. The Morgan fingerprint density at radius 1 is 1.16 bits per heavy atom. The van der Waals surface area contributed by atoms with Crippen molar-refractivity contribution in [3.05, 3.63) is 64.5 Å². The molecule has 0 aliphatic heterocycles. The molecule has 0 radical (unpaired) electrons. The van der Waals surface area contributed by atoms with Crippen LogP contribution in [-0.2, 0) is 24.2 Å². The van der Waals surface area contributed by atoms with Crippen LogP contribution in [0, 0.1) is 0 Å². The Morgan fingerprint density at radius 3 is 2.65 bits per heavy atom. The molecule has 6 nitrogen and oxygen atoms in total. The number of fused-ring (bicyclic) bond motifs is 1. The maximum Gasteiger partial charge on any atom is 0.263 e. The molecule has 1 heterocycles. The minimum atomic E-state index is -0.565. The fourth-order valence-electron chi connectivity index (χ4n) is 3.82. The summed E-state index contributed by atoms with van der Waals surface area (Å²) in [7, 11) is 1.72. The van der Waals surface area contributed by atoms with E-state index in [9.17, 15) is 4.79 Å². The zero-order chi connectivity index (χ0) is 21.8. The van der Waals surface area contributed by atoms with Crippen LogP contribution in [0.4, 0.5) is 0 Å². The molecule has 1 amide bonds. The monoisotopic (exact) mass is 439 g/mol. The summed E-state index contributed by atoms with van der Waals surface area (Å²) in [5.41, 5.74) is 3.53. The van der Waals surface area contributed by atoms with E-state index in [-0.39, 0.29) is 12.5 Å². The summed E-state index contributed by atoms with van der Waals surface area (Å²) in [6, 6.07) is 13.4. The Balaban J connectivity index is 1.40. The Kier molecular flexibility index (Phi) is 6.56. The molecule has 0 saturated carbocycles. The SMILES string of the molecule is CCC(Oc1ccc2c(c1)CCCC2)C(=O)N(C)Cc1nc(-c2ccc(Cl)cc2)no1. The molecule has 1 aliphatic rings. The lowest BCUT2D eigenvalue weighted by molar-refractivity contribution is -0.138. The number of amides is 1. The van der Waals surface area contributed by atoms with Gasteiger partial charge < -0.3 is 14.2 Å². The third-order valence-electron chi connectivity index (χ3n) is 5.56. The van der Waals surface area contributed by atoms with Crippen LogP contribution in [0.15, 0.2) is 47.0 Å². The summed E-state index contributed by atoms with van der Waals surface area (Å²) >= 11 is 5.92. The van der Waals surface area contributed by atoms with E-state index in [4.69, 9.17) is 20.9 Å². The molecule has 162 valence electrons. The molecule has 4 rings (SSSR count). The number of likely N-dealkylation sites (N-methyl/N-ethyl adjacent to an activating group) is 1. The molecule has 0 fully saturated rings. The maximum absolute atomic E-state index is 13.0. The van der Waals surface area contributed by atoms with Gasteiger partial charge in [-0.1, -0.05) is 29.7 Å². The van der Waals surface area contributed by atoms with Crippen molar-refractivity contribution in [1.29, 1.82) is 0 Å². The number of ether oxygens (including phenoxy) is 1. The van der Waals surface area contributed by atoms with Crippen LogP contribution in [-0.4, -0.2) is 34.1 Å². The molecular formula is C24H26ClN3O3. The Hall–Kier alpha value is -2.86. The van der Waals surface area contributed by atoms with Crippen LogP contribution in [0.3, 0.4) is 0 Å². The Morgan fingerprint density at radius 2 is 1.90 bits per heavy atom. The first-order chi connectivity index (χ1) is 15.0. The highest BCUT2D eigenvalue weighted by molar-refractivity contribution is 6.30. The number of hydrogen-bond donors (Lipinski definition) is 0. The van der Waals surface area contributed by atoms with Gasteiger partial charge in [0.25, 0.3) is 5.91 Å². The molecule has 1 atom stereocenters. The second-order valence-corrected chi connectivity index (χ2v) is 8.30. The van der Waals surface area contributed by atoms with Crippen LogP contribution in [0.1, 0.15) is 43.2 Å². The quantitative estimate of drug-likeness (QED) is 0.513. The van der Waals surface area contributed by atoms with Crippen molar-refractivity contribution in [2.45, 2.75) is 51.7 Å². The number of aryl methyl sites for hydroxylation is 2. The largest absolute Gasteiger partial charge is 0.481 e. The lowest BCUT2D eigenvalue weighted by Gasteiger charge is -2.24. The molecule has 0 saturated heterocycles. The zero-order valence-electron chi connectivity index (χ0n) is 17.8. The van der Waals surface area contributed by atoms with Crippen molar-refractivity contribution in [3.63, 3.8) is 0 Å². The number of benzene rings is 2. The first-order valence-electron chi connectivity index (χ1n) is 10.7. The van der Waals surface area contributed by atoms with Crippen molar-refractivity contribution < 1.29 is 14.1 Å². The first kappa shape index (κ1) is 21.4. The van der Waals surface area contributed by atoms with Crippen molar-refractivity contribution in [2.75, 3.05) is 7.05 Å². The predicted octanol–water partition coefficient (Wildman–Crippen LogP) is 5.08. The number of aromatic nitrogens is 2. The van der Waals surface area contributed by atoms with E-state index in [1.165, 1.54) is 24.0 Å². The number of halogens is 1. The Bertz CT molecular complexity index is 1050. The standard InChI is InChI=1S/C24H26ClN3O3/c1-3-21(30-20-13-10-16-6-4-5-7-18(16)14-20)24(29)28(2)15-22-26-23(27-31-22)17-8-11-19(25)12-9-17/h8-14,21H,3-7,15H2,1-2H3. The molecule has 1 unspecified atom stereocenters. The minimum Gasteiger partial charge on any atom is -0.481 e. The molecule has 0 N–H and O–H groups in total. The molecule has 7 heteroatoms. The summed E-state index contributed by atoms with van der Waals surface area (Å²) < 4.78 is 11.4. The lowest BCUT2D eigenvalue weighted by Crippen LogP contribution is -2.39. The van der Waals surface area contributed by atoms with E-state index < -0.39 is 6.10 Å². The smallest absolute Gasteiger partial charge is 0.263 e. The van der Waals surface area contributed by atoms with Gasteiger partial charge >= 0.3 is 0 Å². The van der Waals surface area contributed by atoms with E-state index in [0.717, 1.165) is 24.2 Å². The van der Waals surface area contributed by atoms with Gasteiger partial charge in [-0.2, -0.15) is 4.98 Å². The van der Waals surface area contributed by atoms with Gasteiger partial charge in [0.05, 0.1) is 6.54 Å². The van der Waals surface area contributed by atoms with Crippen LogP contribution >= 0.6 is 11.6 Å². The average Bonchev–Trinajstić information content (AvgIpc) is 3.25. The summed E-state index contributed by atoms with van der Waals surface area (Å²) in [5.74, 6) is 1.46. The highest BCUT2D eigenvalue weighted by Crippen LogP contribution is 2.26. The molecule has 31 heavy (non-hydrogen) atoms. The van der Waals surface area contributed by atoms with Crippen LogP contribution in [0.25, 0.3) is 11.4 Å². The number of hydrogen-bond acceptors (Lipinski definition) is 5. The molecule has 0 bridgehead atoms. The first-order valence-corrected chi connectivity index (χ1v) is 11.0. The minimum absolute atomic E-state index is 0.119. The highest BCUT2D eigenvalue weighted by Gasteiger charge is 2.24. The van der Waals surface area contributed by atoms with Gasteiger partial charge in [-0.15, -0.1) is 0 Å². The number of carbonyl (C=O) groups is 1. The highest BCUT2D eigenvalue weighted by atomic mass is 35.5. The molecule has 1 aromatic heterocycles. The van der Waals surface area contributed by atoms with E-state index in [2.05, 4.69) is 22.3 Å². The summed E-state index contributed by atoms with van der Waals surface area (Å²) in [6.07, 6.45) is 4.65. The maximum atomic E-state index is 13.0. The fraction of sp³-hybridized carbons (Fsp3) is 0.375. The lowest BCUT2D eigenvalue weighted by atomic mass is 9.92. The van der Waals surface area contributed by atoms with Crippen molar-refractivity contribution in [2.24, 2.45) is 0 Å². The van der Waals surface area contributed by atoms with Crippen LogP contribution < -0.4 is 4.74 Å². The average molecular weight is 440 g/mol. The van der Waals surface area contributed by atoms with E-state index >= 15 is 0 Å². The van der Waals surface area contributed by atoms with Crippen LogP contribution in [0.2, 0.25) is 5.02 Å². The van der Waals surface area contributed by atoms with Gasteiger partial charge in [-0.25, -0.2) is 0 Å². The second-order valence-electron chi connectivity index (χ2n) is 7.87. The number of nitrogens with zero attached hydrogens (tertiary/aromatic N) is 3. The second kappa shape index (κ2) is 9.52. The van der Waals surface area contributed by atoms with Crippen molar-refractivity contribution in [1.82, 2.24) is 15.0 Å². The third kappa shape index (κ3) is 5.07. The van der Waals surface area contributed by atoms with Crippen molar-refractivity contribution in [3.8, 4) is 17.1 Å². The topological polar surface area (TPSA) is 68.5 Å². The van der Waals surface area contributed by atoms with E-state index in [1.54, 1.807) is 24.1 Å². The molecule has 3 aromatic rings. The van der Waals surface area contributed by atoms with Crippen LogP contribution in [0.5, 0.6) is 5.75 Å². The summed E-state index contributed by atoms with van der Waals surface area (Å²) in [6.45, 7) is 2.16. The van der Waals surface area contributed by atoms with E-state index in [1.807, 2.05) is 25.1 Å². The van der Waals surface area contributed by atoms with Gasteiger partial charge in [-0.05, 0) is 79.6 Å². The van der Waals surface area contributed by atoms with Crippen molar-refractivity contribution >= 4 is 17.5 Å². The Labute approximate surface area is 187 Å². The fourth-order valence-corrected chi connectivity index (χ4v) is 3.94. The van der Waals surface area contributed by atoms with Gasteiger partial charge in [0.15, 0.2) is 6.10 Å². The van der Waals surface area contributed by atoms with Gasteiger partial charge in [0, 0.05) is 17.6 Å². The van der Waals surface area contributed by atoms with Gasteiger partial charge in [-0.3, -0.25) is 4.79 Å². The van der Waals surface area contributed by atoms with Gasteiger partial charge in [0.2, 0.25) is 11.7 Å². The van der Waals surface area contributed by atoms with Gasteiger partial charge in [0.1, 0.15) is 5.75 Å². The molecule has 0 spiro atoms. The molecule has 1 aliphatic carbocycles. The predicted molar refractivity (Wildman–Crippen MR) is 119 cm³/mol. The summed E-state index contributed by atoms with van der Waals surface area (Å²) in [4.78, 5) is 18.9. The molecular weight excluding hydrogens is 414 g/mol. The van der Waals surface area contributed by atoms with E-state index in [0.29, 0.717) is 23.2 Å². The number of carbonyl (C=O) groups excluding carboxylic acids is 1. The zero-order valence-corrected chi connectivity index (χ0v) is 18.6. The normalized spacial score (nSPS) is 14.0. The number of rotatable bonds is 7. The third-order valence-corrected chi connectivity index (χ3v) is 5.82. The molecule has 2 aromatic carbocycles.